The highest BCUT2D eigenvalue weighted by molar-refractivity contribution is 7.99. The molecule has 2 fully saturated rings. The summed E-state index contributed by atoms with van der Waals surface area (Å²) < 4.78 is 0. The van der Waals surface area contributed by atoms with Gasteiger partial charge in [-0.3, -0.25) is 4.79 Å². The molecule has 2 aliphatic rings. The molecule has 0 spiro atoms. The van der Waals surface area contributed by atoms with Gasteiger partial charge in [-0.05, 0) is 24.5 Å². The number of nitrogens with one attached hydrogen (secondary N) is 1. The van der Waals surface area contributed by atoms with E-state index in [4.69, 9.17) is 0 Å². The number of carbonyl (C=O) groups excluding carboxylic acids is 1. The fraction of sp³-hybridized carbons (Fsp3) is 0.889. The molecule has 1 saturated heterocycles. The van der Waals surface area contributed by atoms with E-state index in [0.29, 0.717) is 24.1 Å². The molecule has 13 heavy (non-hydrogen) atoms. The van der Waals surface area contributed by atoms with Crippen molar-refractivity contribution >= 4 is 17.7 Å². The Morgan fingerprint density at radius 1 is 1.69 bits per heavy atom. The van der Waals surface area contributed by atoms with E-state index >= 15 is 0 Å². The molecule has 0 aromatic rings. The number of carbonyl (C=O) groups is 1. The predicted octanol–water partition coefficient (Wildman–Crippen LogP) is 0.379. The molecule has 2 rings (SSSR count). The Morgan fingerprint density at radius 2 is 2.38 bits per heavy atom. The topological polar surface area (TPSA) is 49.3 Å². The smallest absolute Gasteiger partial charge is 0.253 e. The van der Waals surface area contributed by atoms with E-state index in [1.54, 1.807) is 11.8 Å². The summed E-state index contributed by atoms with van der Waals surface area (Å²) in [6.45, 7) is 2.11. The molecule has 1 saturated carbocycles. The Kier molecular flexibility index (Phi) is 2.28. The van der Waals surface area contributed by atoms with E-state index in [2.05, 4.69) is 12.2 Å². The minimum absolute atomic E-state index is 0.160. The van der Waals surface area contributed by atoms with E-state index in [-0.39, 0.29) is 5.91 Å². The van der Waals surface area contributed by atoms with Crippen LogP contribution in [0.25, 0.3) is 0 Å². The molecule has 74 valence electrons. The van der Waals surface area contributed by atoms with Crippen LogP contribution in [0.3, 0.4) is 0 Å². The van der Waals surface area contributed by atoms with Crippen molar-refractivity contribution in [2.24, 2.45) is 5.92 Å². The molecule has 1 aliphatic heterocycles. The van der Waals surface area contributed by atoms with Crippen molar-refractivity contribution in [3.8, 4) is 0 Å². The molecule has 1 amide bonds. The van der Waals surface area contributed by atoms with Gasteiger partial charge in [-0.2, -0.15) is 11.8 Å². The molecule has 2 N–H and O–H groups in total. The largest absolute Gasteiger partial charge is 0.379 e. The van der Waals surface area contributed by atoms with E-state index < -0.39 is 5.60 Å². The first-order valence-electron chi connectivity index (χ1n) is 4.73. The van der Waals surface area contributed by atoms with Crippen LogP contribution in [0.4, 0.5) is 0 Å². The predicted molar refractivity (Wildman–Crippen MR) is 52.6 cm³/mol. The van der Waals surface area contributed by atoms with Crippen LogP contribution < -0.4 is 5.32 Å². The molecule has 4 heteroatoms. The van der Waals surface area contributed by atoms with Crippen molar-refractivity contribution in [2.75, 3.05) is 11.5 Å². The lowest BCUT2D eigenvalue weighted by Crippen LogP contribution is -2.47. The molecule has 3 nitrogen and oxygen atoms in total. The van der Waals surface area contributed by atoms with Gasteiger partial charge in [0.05, 0.1) is 0 Å². The van der Waals surface area contributed by atoms with Gasteiger partial charge in [0.25, 0.3) is 5.91 Å². The minimum atomic E-state index is -1.08. The van der Waals surface area contributed by atoms with Crippen molar-refractivity contribution in [3.63, 3.8) is 0 Å². The minimum Gasteiger partial charge on any atom is -0.379 e. The Labute approximate surface area is 82.3 Å². The van der Waals surface area contributed by atoms with Crippen LogP contribution in [0.2, 0.25) is 0 Å². The summed E-state index contributed by atoms with van der Waals surface area (Å²) in [6.07, 6.45) is 1.67. The highest BCUT2D eigenvalue weighted by Crippen LogP contribution is 2.32. The SMILES string of the molecule is CC1CC1NC(=O)C1(O)CCSC1. The van der Waals surface area contributed by atoms with Crippen molar-refractivity contribution < 1.29 is 9.90 Å². The molecule has 0 radical (unpaired) electrons. The molecule has 1 aliphatic carbocycles. The van der Waals surface area contributed by atoms with Crippen molar-refractivity contribution in [2.45, 2.75) is 31.4 Å². The fourth-order valence-electron chi connectivity index (χ4n) is 1.56. The number of hydrogen-bond donors (Lipinski definition) is 2. The van der Waals surface area contributed by atoms with Gasteiger partial charge in [-0.15, -0.1) is 0 Å². The van der Waals surface area contributed by atoms with E-state index in [1.165, 1.54) is 0 Å². The number of rotatable bonds is 2. The number of amides is 1. The molecule has 0 aromatic heterocycles. The maximum absolute atomic E-state index is 11.6. The average molecular weight is 201 g/mol. The van der Waals surface area contributed by atoms with E-state index in [9.17, 15) is 9.90 Å². The summed E-state index contributed by atoms with van der Waals surface area (Å²) in [4.78, 5) is 11.6. The fourth-order valence-corrected chi connectivity index (χ4v) is 2.80. The van der Waals surface area contributed by atoms with Crippen LogP contribution in [0.15, 0.2) is 0 Å². The summed E-state index contributed by atoms with van der Waals surface area (Å²) in [5.74, 6) is 1.89. The van der Waals surface area contributed by atoms with Crippen LogP contribution in [-0.4, -0.2) is 34.2 Å². The molecular formula is C9H15NO2S. The Balaban J connectivity index is 1.88. The van der Waals surface area contributed by atoms with Crippen LogP contribution >= 0.6 is 11.8 Å². The zero-order valence-corrected chi connectivity index (χ0v) is 8.56. The maximum Gasteiger partial charge on any atom is 0.253 e. The standard InChI is InChI=1S/C9H15NO2S/c1-6-4-7(6)10-8(11)9(12)2-3-13-5-9/h6-7,12H,2-5H2,1H3,(H,10,11). The quantitative estimate of drug-likeness (QED) is 0.679. The molecular weight excluding hydrogens is 186 g/mol. The highest BCUT2D eigenvalue weighted by atomic mass is 32.2. The normalized spacial score (nSPS) is 43.2. The first-order valence-corrected chi connectivity index (χ1v) is 5.88. The molecule has 0 bridgehead atoms. The Hall–Kier alpha value is -0.220. The number of thioether (sulfide) groups is 1. The zero-order chi connectivity index (χ0) is 9.47. The van der Waals surface area contributed by atoms with Crippen molar-refractivity contribution in [3.05, 3.63) is 0 Å². The second-order valence-electron chi connectivity index (χ2n) is 4.13. The second-order valence-corrected chi connectivity index (χ2v) is 5.23. The van der Waals surface area contributed by atoms with Crippen LogP contribution in [-0.2, 0) is 4.79 Å². The molecule has 0 aromatic carbocycles. The molecule has 3 atom stereocenters. The van der Waals surface area contributed by atoms with Crippen molar-refractivity contribution in [1.29, 1.82) is 0 Å². The van der Waals surface area contributed by atoms with E-state index in [0.717, 1.165) is 12.2 Å². The second kappa shape index (κ2) is 3.17. The van der Waals surface area contributed by atoms with E-state index in [1.807, 2.05) is 0 Å². The average Bonchev–Trinajstić information content (AvgIpc) is 2.62. The van der Waals surface area contributed by atoms with Gasteiger partial charge in [-0.25, -0.2) is 0 Å². The lowest BCUT2D eigenvalue weighted by Gasteiger charge is -2.20. The van der Waals surface area contributed by atoms with Crippen LogP contribution in [0.5, 0.6) is 0 Å². The summed E-state index contributed by atoms with van der Waals surface area (Å²) >= 11 is 1.65. The Bertz CT molecular complexity index is 226. The van der Waals surface area contributed by atoms with Gasteiger partial charge in [0, 0.05) is 11.8 Å². The first kappa shape index (κ1) is 9.34. The van der Waals surface area contributed by atoms with Crippen molar-refractivity contribution in [1.82, 2.24) is 5.32 Å². The maximum atomic E-state index is 11.6. The highest BCUT2D eigenvalue weighted by Gasteiger charge is 2.43. The third-order valence-electron chi connectivity index (χ3n) is 2.85. The van der Waals surface area contributed by atoms with Crippen LogP contribution in [0, 0.1) is 5.92 Å². The molecule has 3 unspecified atom stereocenters. The summed E-state index contributed by atoms with van der Waals surface area (Å²) in [5, 5.41) is 12.8. The van der Waals surface area contributed by atoms with Gasteiger partial charge < -0.3 is 10.4 Å². The number of hydrogen-bond acceptors (Lipinski definition) is 3. The lowest BCUT2D eigenvalue weighted by molar-refractivity contribution is -0.137. The van der Waals surface area contributed by atoms with Crippen LogP contribution in [0.1, 0.15) is 19.8 Å². The van der Waals surface area contributed by atoms with Gasteiger partial charge in [-0.1, -0.05) is 6.92 Å². The lowest BCUT2D eigenvalue weighted by atomic mass is 10.0. The van der Waals surface area contributed by atoms with Gasteiger partial charge in [0.2, 0.25) is 0 Å². The Morgan fingerprint density at radius 3 is 2.85 bits per heavy atom. The first-order chi connectivity index (χ1) is 6.12. The summed E-state index contributed by atoms with van der Waals surface area (Å²) in [5.41, 5.74) is -1.08. The molecule has 1 heterocycles. The number of aliphatic hydroxyl groups is 1. The van der Waals surface area contributed by atoms with Gasteiger partial charge in [0.1, 0.15) is 0 Å². The summed E-state index contributed by atoms with van der Waals surface area (Å²) in [7, 11) is 0. The van der Waals surface area contributed by atoms with Gasteiger partial charge in [0.15, 0.2) is 5.60 Å². The summed E-state index contributed by atoms with van der Waals surface area (Å²) in [6, 6.07) is 0.321. The third-order valence-corrected chi connectivity index (χ3v) is 4.02. The monoisotopic (exact) mass is 201 g/mol. The zero-order valence-electron chi connectivity index (χ0n) is 7.75. The third kappa shape index (κ3) is 1.83. The van der Waals surface area contributed by atoms with Gasteiger partial charge >= 0.3 is 0 Å².